The van der Waals surface area contributed by atoms with E-state index in [-0.39, 0.29) is 5.63 Å². The number of rotatable bonds is 1. The van der Waals surface area contributed by atoms with Gasteiger partial charge >= 0.3 is 5.63 Å². The molecule has 2 N–H and O–H groups in total. The van der Waals surface area contributed by atoms with Gasteiger partial charge in [-0.1, -0.05) is 24.3 Å². The van der Waals surface area contributed by atoms with E-state index in [9.17, 15) is 4.79 Å². The van der Waals surface area contributed by atoms with Gasteiger partial charge in [-0.3, -0.25) is 0 Å². The largest absolute Gasteiger partial charge is 0.421 e. The van der Waals surface area contributed by atoms with Crippen LogP contribution in [-0.4, -0.2) is 9.97 Å². The lowest BCUT2D eigenvalue weighted by molar-refractivity contribution is 0.568. The van der Waals surface area contributed by atoms with E-state index in [1.807, 2.05) is 42.7 Å². The first kappa shape index (κ1) is 12.3. The van der Waals surface area contributed by atoms with Crippen LogP contribution in [0.1, 0.15) is 0 Å². The smallest absolute Gasteiger partial charge is 0.360 e. The molecule has 0 spiro atoms. The maximum Gasteiger partial charge on any atom is 0.360 e. The SMILES string of the molecule is O=c1oc2ccccc2c2c(-c3ccc4[nH]ccc4c3)c[nH]c12. The lowest BCUT2D eigenvalue weighted by Gasteiger charge is -2.03. The minimum atomic E-state index is -0.340. The Hall–Kier alpha value is -3.27. The molecule has 3 heterocycles. The Bertz CT molecular complexity index is 1240. The monoisotopic (exact) mass is 300 g/mol. The summed E-state index contributed by atoms with van der Waals surface area (Å²) >= 11 is 0. The quantitative estimate of drug-likeness (QED) is 0.450. The fourth-order valence-corrected chi connectivity index (χ4v) is 3.23. The van der Waals surface area contributed by atoms with Crippen LogP contribution >= 0.6 is 0 Å². The Morgan fingerprint density at radius 3 is 2.83 bits per heavy atom. The summed E-state index contributed by atoms with van der Waals surface area (Å²) in [6.07, 6.45) is 3.80. The predicted octanol–water partition coefficient (Wildman–Crippen LogP) is 4.42. The molecule has 4 heteroatoms. The van der Waals surface area contributed by atoms with Gasteiger partial charge in [0, 0.05) is 34.2 Å². The van der Waals surface area contributed by atoms with Gasteiger partial charge in [-0.25, -0.2) is 4.79 Å². The highest BCUT2D eigenvalue weighted by atomic mass is 16.4. The molecule has 110 valence electrons. The van der Waals surface area contributed by atoms with Crippen molar-refractivity contribution in [3.05, 3.63) is 71.3 Å². The zero-order valence-corrected chi connectivity index (χ0v) is 12.1. The summed E-state index contributed by atoms with van der Waals surface area (Å²) < 4.78 is 5.39. The minimum absolute atomic E-state index is 0.340. The first-order valence-corrected chi connectivity index (χ1v) is 7.42. The Morgan fingerprint density at radius 1 is 0.957 bits per heavy atom. The third-order valence-electron chi connectivity index (χ3n) is 4.31. The topological polar surface area (TPSA) is 61.8 Å². The van der Waals surface area contributed by atoms with E-state index in [2.05, 4.69) is 28.2 Å². The van der Waals surface area contributed by atoms with Crippen LogP contribution in [0.5, 0.6) is 0 Å². The second-order valence-corrected chi connectivity index (χ2v) is 5.62. The average Bonchev–Trinajstić information content (AvgIpc) is 3.21. The van der Waals surface area contributed by atoms with Gasteiger partial charge in [0.15, 0.2) is 0 Å². The molecule has 0 aliphatic carbocycles. The Labute approximate surface area is 130 Å². The van der Waals surface area contributed by atoms with Crippen molar-refractivity contribution in [1.29, 1.82) is 0 Å². The molecule has 23 heavy (non-hydrogen) atoms. The number of hydrogen-bond donors (Lipinski definition) is 2. The van der Waals surface area contributed by atoms with Gasteiger partial charge in [-0.05, 0) is 35.2 Å². The van der Waals surface area contributed by atoms with Crippen molar-refractivity contribution in [1.82, 2.24) is 9.97 Å². The van der Waals surface area contributed by atoms with Crippen LogP contribution in [0.4, 0.5) is 0 Å². The zero-order chi connectivity index (χ0) is 15.4. The maximum atomic E-state index is 12.2. The van der Waals surface area contributed by atoms with Gasteiger partial charge in [-0.15, -0.1) is 0 Å². The Kier molecular flexibility index (Phi) is 2.33. The minimum Gasteiger partial charge on any atom is -0.421 e. The highest BCUT2D eigenvalue weighted by Crippen LogP contribution is 2.33. The molecule has 0 aliphatic rings. The zero-order valence-electron chi connectivity index (χ0n) is 12.1. The van der Waals surface area contributed by atoms with Crippen molar-refractivity contribution in [2.45, 2.75) is 0 Å². The van der Waals surface area contributed by atoms with Crippen LogP contribution in [0.3, 0.4) is 0 Å². The van der Waals surface area contributed by atoms with Crippen LogP contribution in [-0.2, 0) is 0 Å². The van der Waals surface area contributed by atoms with Crippen molar-refractivity contribution in [2.24, 2.45) is 0 Å². The van der Waals surface area contributed by atoms with Crippen LogP contribution in [0.15, 0.2) is 70.1 Å². The summed E-state index contributed by atoms with van der Waals surface area (Å²) in [5.41, 5.74) is 3.94. The third-order valence-corrected chi connectivity index (χ3v) is 4.31. The normalized spacial score (nSPS) is 11.7. The lowest BCUT2D eigenvalue weighted by Crippen LogP contribution is -1.99. The molecule has 0 fully saturated rings. The molecule has 5 aromatic rings. The van der Waals surface area contributed by atoms with Crippen LogP contribution < -0.4 is 5.63 Å². The van der Waals surface area contributed by atoms with E-state index in [1.54, 1.807) is 0 Å². The number of aromatic nitrogens is 2. The number of aromatic amines is 2. The van der Waals surface area contributed by atoms with Crippen LogP contribution in [0.2, 0.25) is 0 Å². The second-order valence-electron chi connectivity index (χ2n) is 5.62. The fourth-order valence-electron chi connectivity index (χ4n) is 3.23. The van der Waals surface area contributed by atoms with E-state index in [4.69, 9.17) is 4.42 Å². The molecule has 0 atom stereocenters. The van der Waals surface area contributed by atoms with Crippen molar-refractivity contribution >= 4 is 32.8 Å². The van der Waals surface area contributed by atoms with E-state index < -0.39 is 0 Å². The van der Waals surface area contributed by atoms with Crippen molar-refractivity contribution in [3.63, 3.8) is 0 Å². The van der Waals surface area contributed by atoms with Crippen molar-refractivity contribution in [2.75, 3.05) is 0 Å². The standard InChI is InChI=1S/C19H12N2O2/c22-19-18-17(13-3-1-2-4-16(13)23-19)14(10-21-18)11-5-6-15-12(9-11)7-8-20-15/h1-10,20-21H. The van der Waals surface area contributed by atoms with Crippen molar-refractivity contribution < 1.29 is 4.42 Å². The number of fused-ring (bicyclic) bond motifs is 4. The molecule has 0 aliphatic heterocycles. The molecule has 0 radical (unpaired) electrons. The first-order valence-electron chi connectivity index (χ1n) is 7.42. The third kappa shape index (κ3) is 1.69. The van der Waals surface area contributed by atoms with Gasteiger partial charge < -0.3 is 14.4 Å². The number of nitrogens with one attached hydrogen (secondary N) is 2. The molecular formula is C19H12N2O2. The summed E-state index contributed by atoms with van der Waals surface area (Å²) in [5.74, 6) is 0. The van der Waals surface area contributed by atoms with E-state index >= 15 is 0 Å². The molecule has 0 saturated heterocycles. The molecule has 3 aromatic heterocycles. The van der Waals surface area contributed by atoms with Gasteiger partial charge in [0.1, 0.15) is 11.1 Å². The van der Waals surface area contributed by atoms with Gasteiger partial charge in [0.2, 0.25) is 0 Å². The lowest BCUT2D eigenvalue weighted by atomic mass is 10.0. The predicted molar refractivity (Wildman–Crippen MR) is 91.6 cm³/mol. The summed E-state index contributed by atoms with van der Waals surface area (Å²) in [4.78, 5) is 18.5. The number of para-hydroxylation sites is 1. The fraction of sp³-hybridized carbons (Fsp3) is 0. The summed E-state index contributed by atoms with van der Waals surface area (Å²) in [6.45, 7) is 0. The summed E-state index contributed by atoms with van der Waals surface area (Å²) in [5, 5.41) is 2.99. The Morgan fingerprint density at radius 2 is 1.87 bits per heavy atom. The molecule has 5 rings (SSSR count). The van der Waals surface area contributed by atoms with Crippen LogP contribution in [0, 0.1) is 0 Å². The second kappa shape index (κ2) is 4.36. The molecule has 0 amide bonds. The first-order chi connectivity index (χ1) is 11.3. The highest BCUT2D eigenvalue weighted by molar-refractivity contribution is 6.11. The number of benzene rings is 2. The molecule has 4 nitrogen and oxygen atoms in total. The summed E-state index contributed by atoms with van der Waals surface area (Å²) in [6, 6.07) is 15.9. The van der Waals surface area contributed by atoms with Gasteiger partial charge in [0.25, 0.3) is 0 Å². The van der Waals surface area contributed by atoms with Gasteiger partial charge in [0.05, 0.1) is 0 Å². The maximum absolute atomic E-state index is 12.2. The van der Waals surface area contributed by atoms with E-state index in [0.717, 1.165) is 32.8 Å². The van der Waals surface area contributed by atoms with Crippen LogP contribution in [0.25, 0.3) is 43.9 Å². The van der Waals surface area contributed by atoms with Gasteiger partial charge in [-0.2, -0.15) is 0 Å². The van der Waals surface area contributed by atoms with E-state index in [1.165, 1.54) is 0 Å². The molecule has 0 saturated carbocycles. The molecule has 0 unspecified atom stereocenters. The highest BCUT2D eigenvalue weighted by Gasteiger charge is 2.14. The molecule has 0 bridgehead atoms. The molecule has 2 aromatic carbocycles. The van der Waals surface area contributed by atoms with Crippen molar-refractivity contribution in [3.8, 4) is 11.1 Å². The number of hydrogen-bond acceptors (Lipinski definition) is 2. The number of H-pyrrole nitrogens is 2. The Balaban J connectivity index is 1.93. The average molecular weight is 300 g/mol. The van der Waals surface area contributed by atoms with E-state index in [0.29, 0.717) is 11.1 Å². The summed E-state index contributed by atoms with van der Waals surface area (Å²) in [7, 11) is 0. The molecular weight excluding hydrogens is 288 g/mol.